The minimum atomic E-state index is -0.862. The van der Waals surface area contributed by atoms with E-state index in [1.807, 2.05) is 27.7 Å². The highest BCUT2D eigenvalue weighted by molar-refractivity contribution is 5.73. The van der Waals surface area contributed by atoms with Crippen molar-refractivity contribution in [3.8, 4) is 0 Å². The Labute approximate surface area is 120 Å². The number of carbonyl (C=O) groups excluding carboxylic acids is 1. The van der Waals surface area contributed by atoms with E-state index in [0.29, 0.717) is 13.0 Å². The van der Waals surface area contributed by atoms with Crippen molar-refractivity contribution < 1.29 is 19.4 Å². The van der Waals surface area contributed by atoms with Gasteiger partial charge < -0.3 is 20.5 Å². The zero-order valence-corrected chi connectivity index (χ0v) is 12.8. The molecule has 1 saturated carbocycles. The topological polar surface area (TPSA) is 87.7 Å². The number of carboxylic acid groups (broad SMARTS) is 1. The lowest BCUT2D eigenvalue weighted by molar-refractivity contribution is -0.139. The molecule has 0 aromatic carbocycles. The van der Waals surface area contributed by atoms with E-state index in [1.165, 1.54) is 0 Å². The average molecular weight is 286 g/mol. The third-order valence-electron chi connectivity index (χ3n) is 3.47. The first-order valence-electron chi connectivity index (χ1n) is 7.15. The summed E-state index contributed by atoms with van der Waals surface area (Å²) < 4.78 is 5.26. The van der Waals surface area contributed by atoms with Gasteiger partial charge in [-0.3, -0.25) is 4.79 Å². The van der Waals surface area contributed by atoms with Crippen molar-refractivity contribution >= 4 is 12.1 Å². The fourth-order valence-electron chi connectivity index (χ4n) is 2.19. The number of amides is 1. The van der Waals surface area contributed by atoms with Crippen LogP contribution in [0.3, 0.4) is 0 Å². The Kier molecular flexibility index (Phi) is 5.39. The van der Waals surface area contributed by atoms with Crippen LogP contribution >= 0.6 is 0 Å². The molecule has 1 amide bonds. The van der Waals surface area contributed by atoms with Crippen molar-refractivity contribution in [2.45, 2.75) is 70.6 Å². The summed E-state index contributed by atoms with van der Waals surface area (Å²) in [6.45, 7) is 7.72. The van der Waals surface area contributed by atoms with Gasteiger partial charge in [-0.1, -0.05) is 6.92 Å². The number of rotatable bonds is 6. The van der Waals surface area contributed by atoms with Gasteiger partial charge in [-0.15, -0.1) is 0 Å². The van der Waals surface area contributed by atoms with E-state index >= 15 is 0 Å². The first-order chi connectivity index (χ1) is 9.17. The molecular formula is C14H26N2O4. The maximum absolute atomic E-state index is 11.8. The van der Waals surface area contributed by atoms with Gasteiger partial charge in [-0.05, 0) is 46.5 Å². The predicted octanol–water partition coefficient (Wildman–Crippen LogP) is 1.89. The molecule has 0 radical (unpaired) electrons. The lowest BCUT2D eigenvalue weighted by atomic mass is 9.76. The van der Waals surface area contributed by atoms with E-state index in [1.54, 1.807) is 0 Å². The summed E-state index contributed by atoms with van der Waals surface area (Å²) in [5.74, 6) is -0.862. The van der Waals surface area contributed by atoms with E-state index in [-0.39, 0.29) is 5.54 Å². The first-order valence-corrected chi connectivity index (χ1v) is 7.15. The standard InChI is InChI=1S/C14H26N2O4/c1-5-10(11(17)18)15-9-14(7-6-8-14)16-12(19)20-13(2,3)4/h10,15H,5-9H2,1-4H3,(H,16,19)(H,17,18). The number of ether oxygens (including phenoxy) is 1. The van der Waals surface area contributed by atoms with Crippen LogP contribution in [0.1, 0.15) is 53.4 Å². The molecule has 20 heavy (non-hydrogen) atoms. The van der Waals surface area contributed by atoms with Crippen LogP contribution in [0, 0.1) is 0 Å². The molecule has 0 spiro atoms. The van der Waals surface area contributed by atoms with E-state index in [0.717, 1.165) is 19.3 Å². The molecule has 0 aromatic heterocycles. The van der Waals surface area contributed by atoms with Gasteiger partial charge in [0.25, 0.3) is 0 Å². The summed E-state index contributed by atoms with van der Waals surface area (Å²) in [4.78, 5) is 22.8. The van der Waals surface area contributed by atoms with Crippen LogP contribution in [0.2, 0.25) is 0 Å². The van der Waals surface area contributed by atoms with Crippen molar-refractivity contribution in [1.82, 2.24) is 10.6 Å². The Hall–Kier alpha value is -1.30. The summed E-state index contributed by atoms with van der Waals surface area (Å²) in [5, 5.41) is 14.9. The van der Waals surface area contributed by atoms with Crippen LogP contribution in [0.4, 0.5) is 4.79 Å². The van der Waals surface area contributed by atoms with Gasteiger partial charge in [-0.25, -0.2) is 4.79 Å². The van der Waals surface area contributed by atoms with Crippen LogP contribution in [-0.4, -0.2) is 40.9 Å². The van der Waals surface area contributed by atoms with Crippen LogP contribution < -0.4 is 10.6 Å². The van der Waals surface area contributed by atoms with E-state index in [4.69, 9.17) is 9.84 Å². The van der Waals surface area contributed by atoms with Gasteiger partial charge in [0, 0.05) is 6.54 Å². The zero-order valence-electron chi connectivity index (χ0n) is 12.8. The molecule has 0 bridgehead atoms. The maximum Gasteiger partial charge on any atom is 0.408 e. The third kappa shape index (κ3) is 5.00. The smallest absolute Gasteiger partial charge is 0.408 e. The minimum absolute atomic E-state index is 0.370. The molecule has 1 rings (SSSR count). The van der Waals surface area contributed by atoms with Crippen LogP contribution in [0.5, 0.6) is 0 Å². The van der Waals surface area contributed by atoms with Crippen LogP contribution in [-0.2, 0) is 9.53 Å². The molecule has 0 aromatic rings. The molecule has 1 aliphatic carbocycles. The van der Waals surface area contributed by atoms with Gasteiger partial charge in [0.2, 0.25) is 0 Å². The molecule has 0 aliphatic heterocycles. The molecule has 0 heterocycles. The fraction of sp³-hybridized carbons (Fsp3) is 0.857. The van der Waals surface area contributed by atoms with Gasteiger partial charge in [0.05, 0.1) is 5.54 Å². The SMILES string of the molecule is CCC(NCC1(NC(=O)OC(C)(C)C)CCC1)C(=O)O. The van der Waals surface area contributed by atoms with Crippen molar-refractivity contribution in [3.05, 3.63) is 0 Å². The molecule has 1 atom stereocenters. The van der Waals surface area contributed by atoms with E-state index < -0.39 is 23.7 Å². The summed E-state index contributed by atoms with van der Waals surface area (Å²) in [6, 6.07) is -0.576. The van der Waals surface area contributed by atoms with Crippen molar-refractivity contribution in [2.24, 2.45) is 0 Å². The molecule has 1 aliphatic rings. The second-order valence-corrected chi connectivity index (χ2v) is 6.44. The van der Waals surface area contributed by atoms with Gasteiger partial charge >= 0.3 is 12.1 Å². The second-order valence-electron chi connectivity index (χ2n) is 6.44. The number of carboxylic acids is 1. The first kappa shape index (κ1) is 16.8. The molecule has 6 heteroatoms. The largest absolute Gasteiger partial charge is 0.480 e. The Morgan fingerprint density at radius 1 is 1.35 bits per heavy atom. The number of aliphatic carboxylic acids is 1. The molecule has 3 N–H and O–H groups in total. The van der Waals surface area contributed by atoms with E-state index in [9.17, 15) is 9.59 Å². The number of nitrogens with one attached hydrogen (secondary N) is 2. The summed E-state index contributed by atoms with van der Waals surface area (Å²) in [5.41, 5.74) is -0.902. The fourth-order valence-corrected chi connectivity index (χ4v) is 2.19. The van der Waals surface area contributed by atoms with Crippen LogP contribution in [0.25, 0.3) is 0 Å². The molecule has 6 nitrogen and oxygen atoms in total. The Balaban J connectivity index is 2.51. The number of hydrogen-bond acceptors (Lipinski definition) is 4. The lowest BCUT2D eigenvalue weighted by Crippen LogP contribution is -2.61. The Bertz CT molecular complexity index is 359. The van der Waals surface area contributed by atoms with Gasteiger partial charge in [0.15, 0.2) is 0 Å². The Morgan fingerprint density at radius 2 is 1.95 bits per heavy atom. The zero-order chi connectivity index (χ0) is 15.4. The maximum atomic E-state index is 11.8. The Morgan fingerprint density at radius 3 is 2.30 bits per heavy atom. The van der Waals surface area contributed by atoms with Crippen molar-refractivity contribution in [1.29, 1.82) is 0 Å². The summed E-state index contributed by atoms with van der Waals surface area (Å²) >= 11 is 0. The number of alkyl carbamates (subject to hydrolysis) is 1. The van der Waals surface area contributed by atoms with Crippen molar-refractivity contribution in [2.75, 3.05) is 6.54 Å². The predicted molar refractivity (Wildman–Crippen MR) is 75.7 cm³/mol. The molecule has 0 saturated heterocycles. The van der Waals surface area contributed by atoms with Crippen molar-refractivity contribution in [3.63, 3.8) is 0 Å². The van der Waals surface area contributed by atoms with Gasteiger partial charge in [-0.2, -0.15) is 0 Å². The molecule has 1 unspecified atom stereocenters. The quantitative estimate of drug-likeness (QED) is 0.694. The summed E-state index contributed by atoms with van der Waals surface area (Å²) in [7, 11) is 0. The summed E-state index contributed by atoms with van der Waals surface area (Å²) in [6.07, 6.45) is 2.78. The highest BCUT2D eigenvalue weighted by atomic mass is 16.6. The van der Waals surface area contributed by atoms with Gasteiger partial charge in [0.1, 0.15) is 11.6 Å². The molecule has 1 fully saturated rings. The second kappa shape index (κ2) is 6.43. The number of carbonyl (C=O) groups is 2. The normalized spacial score (nSPS) is 18.8. The number of hydrogen-bond donors (Lipinski definition) is 3. The average Bonchev–Trinajstić information content (AvgIpc) is 2.22. The monoisotopic (exact) mass is 286 g/mol. The molecule has 116 valence electrons. The van der Waals surface area contributed by atoms with Crippen LogP contribution in [0.15, 0.2) is 0 Å². The highest BCUT2D eigenvalue weighted by Gasteiger charge is 2.40. The minimum Gasteiger partial charge on any atom is -0.480 e. The third-order valence-corrected chi connectivity index (χ3v) is 3.47. The highest BCUT2D eigenvalue weighted by Crippen LogP contribution is 2.31. The lowest BCUT2D eigenvalue weighted by Gasteiger charge is -2.43. The molecular weight excluding hydrogens is 260 g/mol. The van der Waals surface area contributed by atoms with E-state index in [2.05, 4.69) is 10.6 Å².